The molecule has 1 aliphatic carbocycles. The number of thioether (sulfide) groups is 1. The van der Waals surface area contributed by atoms with E-state index < -0.39 is 0 Å². The Morgan fingerprint density at radius 1 is 1.27 bits per heavy atom. The topological polar surface area (TPSA) is 32.6 Å². The van der Waals surface area contributed by atoms with Crippen LogP contribution in [0.1, 0.15) is 32.1 Å². The molecule has 2 aliphatic heterocycles. The van der Waals surface area contributed by atoms with Gasteiger partial charge in [-0.1, -0.05) is 5.16 Å². The quantitative estimate of drug-likeness (QED) is 0.448. The first-order valence-corrected chi connectivity index (χ1v) is 5.14. The largest absolute Gasteiger partial charge is 0.410 e. The summed E-state index contributed by atoms with van der Waals surface area (Å²) in [5, 5.41) is 13.7. The van der Waals surface area contributed by atoms with Gasteiger partial charge in [-0.3, -0.25) is 0 Å². The Bertz CT molecular complexity index is 157. The maximum atomic E-state index is 8.65. The highest BCUT2D eigenvalue weighted by Gasteiger charge is 2.28. The number of nitrogens with zero attached hydrogens (tertiary/aromatic N) is 1. The minimum atomic E-state index is 0.750. The van der Waals surface area contributed by atoms with E-state index in [4.69, 9.17) is 5.21 Å². The second-order valence-corrected chi connectivity index (χ2v) is 4.83. The van der Waals surface area contributed by atoms with Crippen LogP contribution in [0.5, 0.6) is 0 Å². The van der Waals surface area contributed by atoms with E-state index in [1.165, 1.54) is 25.7 Å². The molecule has 2 heterocycles. The molecule has 0 aromatic rings. The number of hydrogen-bond donors (Lipinski definition) is 1. The van der Waals surface area contributed by atoms with Gasteiger partial charge in [0, 0.05) is 11.7 Å². The summed E-state index contributed by atoms with van der Waals surface area (Å²) in [6.07, 6.45) is 6.37. The smallest absolute Gasteiger partial charge is 0.113 e. The molecular formula is C8H13NOS. The van der Waals surface area contributed by atoms with E-state index in [0.29, 0.717) is 0 Å². The third-order valence-electron chi connectivity index (χ3n) is 2.67. The maximum absolute atomic E-state index is 8.65. The molecular weight excluding hydrogens is 158 g/mol. The molecule has 3 rings (SSSR count). The van der Waals surface area contributed by atoms with Gasteiger partial charge in [-0.25, -0.2) is 0 Å². The minimum Gasteiger partial charge on any atom is -0.410 e. The number of hydrogen-bond acceptors (Lipinski definition) is 3. The van der Waals surface area contributed by atoms with E-state index in [0.717, 1.165) is 22.6 Å². The van der Waals surface area contributed by atoms with Crippen LogP contribution in [0.15, 0.2) is 5.16 Å². The Labute approximate surface area is 71.0 Å². The van der Waals surface area contributed by atoms with Crippen LogP contribution in [0, 0.1) is 5.92 Å². The predicted molar refractivity (Wildman–Crippen MR) is 47.2 cm³/mol. The van der Waals surface area contributed by atoms with Gasteiger partial charge in [0.15, 0.2) is 0 Å². The van der Waals surface area contributed by atoms with Crippen molar-refractivity contribution in [2.75, 3.05) is 0 Å². The summed E-state index contributed by atoms with van der Waals surface area (Å²) in [5.74, 6) is 0.812. The van der Waals surface area contributed by atoms with E-state index in [-0.39, 0.29) is 0 Å². The van der Waals surface area contributed by atoms with Crippen LogP contribution in [0.25, 0.3) is 0 Å². The molecule has 1 N–H and O–H groups in total. The van der Waals surface area contributed by atoms with Gasteiger partial charge in [-0.05, 0) is 31.6 Å². The maximum Gasteiger partial charge on any atom is 0.113 e. The third-order valence-corrected chi connectivity index (χ3v) is 4.00. The van der Waals surface area contributed by atoms with Crippen molar-refractivity contribution in [3.63, 3.8) is 0 Å². The summed E-state index contributed by atoms with van der Waals surface area (Å²) in [7, 11) is 0. The van der Waals surface area contributed by atoms with Crippen molar-refractivity contribution in [3.05, 3.63) is 0 Å². The van der Waals surface area contributed by atoms with E-state index in [1.807, 2.05) is 0 Å². The van der Waals surface area contributed by atoms with Crippen LogP contribution in [-0.4, -0.2) is 15.5 Å². The van der Waals surface area contributed by atoms with E-state index in [1.54, 1.807) is 11.8 Å². The first-order valence-electron chi connectivity index (χ1n) is 4.26. The van der Waals surface area contributed by atoms with Crippen LogP contribution >= 0.6 is 11.8 Å². The highest BCUT2D eigenvalue weighted by molar-refractivity contribution is 8.14. The molecule has 3 fully saturated rings. The zero-order chi connectivity index (χ0) is 7.68. The summed E-state index contributed by atoms with van der Waals surface area (Å²) in [4.78, 5) is 0. The lowest BCUT2D eigenvalue weighted by Crippen LogP contribution is -2.11. The van der Waals surface area contributed by atoms with Crippen molar-refractivity contribution in [2.45, 2.75) is 37.4 Å². The van der Waals surface area contributed by atoms with Crippen molar-refractivity contribution < 1.29 is 5.21 Å². The Balaban J connectivity index is 2.12. The van der Waals surface area contributed by atoms with Crippen molar-refractivity contribution in [2.24, 2.45) is 11.1 Å². The number of rotatable bonds is 0. The molecule has 62 valence electrons. The molecule has 3 heteroatoms. The summed E-state index contributed by atoms with van der Waals surface area (Å²) < 4.78 is 0. The van der Waals surface area contributed by atoms with Gasteiger partial charge in [0.1, 0.15) is 5.04 Å². The zero-order valence-electron chi connectivity index (χ0n) is 6.49. The van der Waals surface area contributed by atoms with Gasteiger partial charge in [0.25, 0.3) is 0 Å². The van der Waals surface area contributed by atoms with Crippen LogP contribution in [0.2, 0.25) is 0 Å². The summed E-state index contributed by atoms with van der Waals surface area (Å²) in [5.41, 5.74) is 0. The fourth-order valence-electron chi connectivity index (χ4n) is 2.01. The van der Waals surface area contributed by atoms with E-state index >= 15 is 0 Å². The molecule has 11 heavy (non-hydrogen) atoms. The molecule has 0 radical (unpaired) electrons. The molecule has 0 aromatic carbocycles. The van der Waals surface area contributed by atoms with E-state index in [2.05, 4.69) is 5.16 Å². The van der Waals surface area contributed by atoms with Crippen LogP contribution in [0.4, 0.5) is 0 Å². The van der Waals surface area contributed by atoms with Crippen LogP contribution < -0.4 is 0 Å². The molecule has 0 atom stereocenters. The standard InChI is InChI=1S/C8H13NOS/c10-9-8-5-6-1-3-7(11-8)4-2-6/h6-7,10H,1-5H2/b9-8-. The Hall–Kier alpha value is -0.180. The summed E-state index contributed by atoms with van der Waals surface area (Å²) >= 11 is 1.79. The first kappa shape index (κ1) is 7.47. The summed E-state index contributed by atoms with van der Waals surface area (Å²) in [6, 6.07) is 0. The van der Waals surface area contributed by atoms with Crippen molar-refractivity contribution in [3.8, 4) is 0 Å². The first-order chi connectivity index (χ1) is 5.38. The molecule has 1 saturated carbocycles. The van der Waals surface area contributed by atoms with Gasteiger partial charge in [-0.2, -0.15) is 0 Å². The predicted octanol–water partition coefficient (Wildman–Crippen LogP) is 2.47. The molecule has 0 amide bonds. The zero-order valence-corrected chi connectivity index (χ0v) is 7.31. The summed E-state index contributed by atoms with van der Waals surface area (Å²) in [6.45, 7) is 0. The fourth-order valence-corrected chi connectivity index (χ4v) is 3.28. The molecule has 3 aliphatic rings. The van der Waals surface area contributed by atoms with Gasteiger partial charge in [0.05, 0.1) is 0 Å². The second-order valence-electron chi connectivity index (χ2n) is 3.46. The highest BCUT2D eigenvalue weighted by Crippen LogP contribution is 2.40. The van der Waals surface area contributed by atoms with Crippen molar-refractivity contribution in [1.82, 2.24) is 0 Å². The molecule has 2 saturated heterocycles. The van der Waals surface area contributed by atoms with Crippen molar-refractivity contribution >= 4 is 16.8 Å². The fraction of sp³-hybridized carbons (Fsp3) is 0.875. The van der Waals surface area contributed by atoms with Crippen LogP contribution in [0.3, 0.4) is 0 Å². The Morgan fingerprint density at radius 2 is 2.00 bits per heavy atom. The average Bonchev–Trinajstić information content (AvgIpc) is 2.35. The Morgan fingerprint density at radius 3 is 2.64 bits per heavy atom. The van der Waals surface area contributed by atoms with Crippen LogP contribution in [-0.2, 0) is 0 Å². The number of oxime groups is 1. The Kier molecular flexibility index (Phi) is 2.07. The lowest BCUT2D eigenvalue weighted by atomic mass is 9.87. The monoisotopic (exact) mass is 171 g/mol. The van der Waals surface area contributed by atoms with E-state index in [9.17, 15) is 0 Å². The lowest BCUT2D eigenvalue weighted by Gasteiger charge is -2.20. The number of fused-ring (bicyclic) bond motifs is 4. The van der Waals surface area contributed by atoms with Gasteiger partial charge >= 0.3 is 0 Å². The normalized spacial score (nSPS) is 40.9. The second kappa shape index (κ2) is 3.05. The van der Waals surface area contributed by atoms with Gasteiger partial charge < -0.3 is 5.21 Å². The molecule has 0 aromatic heterocycles. The lowest BCUT2D eigenvalue weighted by molar-refractivity contribution is 0.316. The van der Waals surface area contributed by atoms with Gasteiger partial charge in [0.2, 0.25) is 0 Å². The van der Waals surface area contributed by atoms with Crippen molar-refractivity contribution in [1.29, 1.82) is 0 Å². The highest BCUT2D eigenvalue weighted by atomic mass is 32.2. The molecule has 2 bridgehead atoms. The minimum absolute atomic E-state index is 0.750. The molecule has 0 spiro atoms. The third kappa shape index (κ3) is 1.53. The molecule has 2 nitrogen and oxygen atoms in total. The SMILES string of the molecule is O/N=C1/CC2CCC(CC2)S1. The average molecular weight is 171 g/mol. The molecule has 0 unspecified atom stereocenters. The van der Waals surface area contributed by atoms with Gasteiger partial charge in [-0.15, -0.1) is 11.8 Å².